The Morgan fingerprint density at radius 3 is 2.48 bits per heavy atom. The minimum atomic E-state index is -3.79. The molecule has 2 aromatic carbocycles. The van der Waals surface area contributed by atoms with E-state index in [1.54, 1.807) is 22.9 Å². The van der Waals surface area contributed by atoms with E-state index in [1.165, 1.54) is 6.20 Å². The highest BCUT2D eigenvalue weighted by atomic mass is 32.2. The zero-order valence-corrected chi connectivity index (χ0v) is 15.7. The minimum absolute atomic E-state index is 0.115. The van der Waals surface area contributed by atoms with Crippen molar-refractivity contribution >= 4 is 26.6 Å². The van der Waals surface area contributed by atoms with Crippen LogP contribution >= 0.6 is 0 Å². The van der Waals surface area contributed by atoms with Crippen LogP contribution in [0.3, 0.4) is 0 Å². The number of rotatable bonds is 4. The molecule has 1 N–H and O–H groups in total. The molecule has 0 saturated carbocycles. The van der Waals surface area contributed by atoms with Crippen LogP contribution in [0.25, 0.3) is 16.6 Å². The van der Waals surface area contributed by atoms with Crippen molar-refractivity contribution in [3.8, 4) is 5.69 Å². The second kappa shape index (κ2) is 6.51. The lowest BCUT2D eigenvalue weighted by molar-refractivity contribution is 0.601. The molecular formula is C20H18N4O2S. The van der Waals surface area contributed by atoms with Gasteiger partial charge in [0, 0.05) is 17.3 Å². The Kier molecular flexibility index (Phi) is 4.16. The average Bonchev–Trinajstić information content (AvgIpc) is 2.99. The van der Waals surface area contributed by atoms with E-state index in [0.29, 0.717) is 11.4 Å². The molecule has 2 aromatic heterocycles. The summed E-state index contributed by atoms with van der Waals surface area (Å²) in [6.07, 6.45) is 1.37. The number of hydrogen-bond acceptors (Lipinski definition) is 4. The van der Waals surface area contributed by atoms with Crippen LogP contribution in [0.1, 0.15) is 11.4 Å². The smallest absolute Gasteiger partial charge is 0.263 e. The van der Waals surface area contributed by atoms with E-state index >= 15 is 0 Å². The summed E-state index contributed by atoms with van der Waals surface area (Å²) in [5.74, 6) is 0. The van der Waals surface area contributed by atoms with Gasteiger partial charge in [0.2, 0.25) is 0 Å². The number of pyridine rings is 1. The molecule has 0 bridgehead atoms. The fraction of sp³-hybridized carbons (Fsp3) is 0.100. The van der Waals surface area contributed by atoms with Crippen LogP contribution in [-0.2, 0) is 10.0 Å². The van der Waals surface area contributed by atoms with Gasteiger partial charge in [0.05, 0.1) is 22.6 Å². The second-order valence-corrected chi connectivity index (χ2v) is 8.01. The van der Waals surface area contributed by atoms with Gasteiger partial charge in [-0.05, 0) is 44.2 Å². The van der Waals surface area contributed by atoms with Gasteiger partial charge in [-0.2, -0.15) is 5.10 Å². The Morgan fingerprint density at radius 2 is 1.70 bits per heavy atom. The number of nitrogens with zero attached hydrogens (tertiary/aromatic N) is 3. The zero-order valence-electron chi connectivity index (χ0n) is 14.9. The first kappa shape index (κ1) is 17.2. The van der Waals surface area contributed by atoms with Crippen molar-refractivity contribution in [2.45, 2.75) is 18.7 Å². The molecule has 136 valence electrons. The molecule has 0 fully saturated rings. The summed E-state index contributed by atoms with van der Waals surface area (Å²) in [7, 11) is -3.79. The van der Waals surface area contributed by atoms with Crippen molar-refractivity contribution in [3.63, 3.8) is 0 Å². The monoisotopic (exact) mass is 378 g/mol. The van der Waals surface area contributed by atoms with Gasteiger partial charge in [-0.1, -0.05) is 30.3 Å². The summed E-state index contributed by atoms with van der Waals surface area (Å²) < 4.78 is 30.3. The number of nitrogens with one attached hydrogen (secondary N) is 1. The standard InChI is InChI=1S/C20H18N4O2S/c1-14-11-15(2)24(22-14)20-10-6-5-9-19(20)23-27(25,26)17-12-16-7-3-4-8-18(16)21-13-17/h3-13,23H,1-2H3. The molecule has 0 unspecified atom stereocenters. The van der Waals surface area contributed by atoms with E-state index in [1.807, 2.05) is 56.3 Å². The van der Waals surface area contributed by atoms with Gasteiger partial charge in [0.25, 0.3) is 10.0 Å². The van der Waals surface area contributed by atoms with E-state index in [0.717, 1.165) is 22.3 Å². The molecular weight excluding hydrogens is 360 g/mol. The molecule has 4 rings (SSSR count). The molecule has 7 heteroatoms. The lowest BCUT2D eigenvalue weighted by atomic mass is 10.2. The molecule has 0 amide bonds. The molecule has 0 radical (unpaired) electrons. The van der Waals surface area contributed by atoms with E-state index in [-0.39, 0.29) is 4.90 Å². The van der Waals surface area contributed by atoms with Gasteiger partial charge >= 0.3 is 0 Å². The predicted molar refractivity (Wildman–Crippen MR) is 106 cm³/mol. The Morgan fingerprint density at radius 1 is 0.963 bits per heavy atom. The first-order valence-corrected chi connectivity index (χ1v) is 9.93. The van der Waals surface area contributed by atoms with Crippen molar-refractivity contribution in [2.75, 3.05) is 4.72 Å². The third kappa shape index (κ3) is 3.29. The summed E-state index contributed by atoms with van der Waals surface area (Å²) >= 11 is 0. The van der Waals surface area contributed by atoms with Crippen LogP contribution in [0.5, 0.6) is 0 Å². The largest absolute Gasteiger partial charge is 0.277 e. The average molecular weight is 378 g/mol. The van der Waals surface area contributed by atoms with E-state index in [9.17, 15) is 8.42 Å². The highest BCUT2D eigenvalue weighted by molar-refractivity contribution is 7.92. The predicted octanol–water partition coefficient (Wildman–Crippen LogP) is 3.84. The van der Waals surface area contributed by atoms with Gasteiger partial charge in [0.1, 0.15) is 4.90 Å². The maximum absolute atomic E-state index is 12.9. The molecule has 0 aliphatic rings. The van der Waals surface area contributed by atoms with Crippen LogP contribution in [0, 0.1) is 13.8 Å². The van der Waals surface area contributed by atoms with Gasteiger partial charge in [0.15, 0.2) is 0 Å². The van der Waals surface area contributed by atoms with E-state index in [4.69, 9.17) is 0 Å². The van der Waals surface area contributed by atoms with Crippen molar-refractivity contribution in [1.29, 1.82) is 0 Å². The Hall–Kier alpha value is -3.19. The number of hydrogen-bond donors (Lipinski definition) is 1. The molecule has 0 atom stereocenters. The third-order valence-corrected chi connectivity index (χ3v) is 5.59. The SMILES string of the molecule is Cc1cc(C)n(-c2ccccc2NS(=O)(=O)c2cnc3ccccc3c2)n1. The summed E-state index contributed by atoms with van der Waals surface area (Å²) in [4.78, 5) is 4.37. The maximum atomic E-state index is 12.9. The van der Waals surface area contributed by atoms with E-state index < -0.39 is 10.0 Å². The summed E-state index contributed by atoms with van der Waals surface area (Å²) in [6.45, 7) is 3.83. The Balaban J connectivity index is 1.76. The first-order chi connectivity index (χ1) is 12.9. The molecule has 0 saturated heterocycles. The lowest BCUT2D eigenvalue weighted by Crippen LogP contribution is -2.15. The molecule has 27 heavy (non-hydrogen) atoms. The lowest BCUT2D eigenvalue weighted by Gasteiger charge is -2.14. The molecule has 6 nitrogen and oxygen atoms in total. The molecule has 0 aliphatic carbocycles. The number of para-hydroxylation sites is 3. The topological polar surface area (TPSA) is 76.9 Å². The van der Waals surface area contributed by atoms with Crippen LogP contribution in [0.2, 0.25) is 0 Å². The molecule has 2 heterocycles. The fourth-order valence-electron chi connectivity index (χ4n) is 3.02. The van der Waals surface area contributed by atoms with Gasteiger partial charge < -0.3 is 0 Å². The summed E-state index contributed by atoms with van der Waals surface area (Å²) in [5.41, 5.74) is 3.66. The fourth-order valence-corrected chi connectivity index (χ4v) is 4.07. The Labute approximate surface area is 157 Å². The molecule has 4 aromatic rings. The number of aryl methyl sites for hydroxylation is 2. The quantitative estimate of drug-likeness (QED) is 0.585. The van der Waals surface area contributed by atoms with E-state index in [2.05, 4.69) is 14.8 Å². The van der Waals surface area contributed by atoms with Gasteiger partial charge in [-0.25, -0.2) is 13.1 Å². The second-order valence-electron chi connectivity index (χ2n) is 6.33. The van der Waals surface area contributed by atoms with Gasteiger partial charge in [-0.3, -0.25) is 9.71 Å². The Bertz CT molecular complexity index is 1250. The minimum Gasteiger partial charge on any atom is -0.277 e. The highest BCUT2D eigenvalue weighted by Gasteiger charge is 2.18. The number of aromatic nitrogens is 3. The first-order valence-electron chi connectivity index (χ1n) is 8.44. The number of sulfonamides is 1. The van der Waals surface area contributed by atoms with Crippen molar-refractivity contribution in [3.05, 3.63) is 78.2 Å². The van der Waals surface area contributed by atoms with Gasteiger partial charge in [-0.15, -0.1) is 0 Å². The van der Waals surface area contributed by atoms with Crippen molar-refractivity contribution in [2.24, 2.45) is 0 Å². The van der Waals surface area contributed by atoms with Crippen LogP contribution in [-0.4, -0.2) is 23.2 Å². The maximum Gasteiger partial charge on any atom is 0.263 e. The normalized spacial score (nSPS) is 11.6. The number of anilines is 1. The summed E-state index contributed by atoms with van der Waals surface area (Å²) in [5, 5.41) is 5.22. The van der Waals surface area contributed by atoms with Crippen LogP contribution < -0.4 is 4.72 Å². The van der Waals surface area contributed by atoms with Crippen LogP contribution in [0.4, 0.5) is 5.69 Å². The van der Waals surface area contributed by atoms with Crippen molar-refractivity contribution in [1.82, 2.24) is 14.8 Å². The number of fused-ring (bicyclic) bond motifs is 1. The highest BCUT2D eigenvalue weighted by Crippen LogP contribution is 2.25. The zero-order chi connectivity index (χ0) is 19.0. The summed E-state index contributed by atoms with van der Waals surface area (Å²) in [6, 6.07) is 18.1. The molecule has 0 aliphatic heterocycles. The number of benzene rings is 2. The van der Waals surface area contributed by atoms with Crippen molar-refractivity contribution < 1.29 is 8.42 Å². The molecule has 0 spiro atoms. The third-order valence-electron chi connectivity index (χ3n) is 4.26. The van der Waals surface area contributed by atoms with Crippen LogP contribution in [0.15, 0.2) is 71.8 Å².